The van der Waals surface area contributed by atoms with E-state index in [4.69, 9.17) is 17.4 Å². The third kappa shape index (κ3) is 1.91. The second kappa shape index (κ2) is 3.34. The summed E-state index contributed by atoms with van der Waals surface area (Å²) in [5.41, 5.74) is 1.61. The van der Waals surface area contributed by atoms with E-state index in [-0.39, 0.29) is 0 Å². The Morgan fingerprint density at radius 1 is 1.64 bits per heavy atom. The smallest absolute Gasteiger partial charge is 0.138 e. The molecule has 0 aliphatic heterocycles. The monoisotopic (exact) mass is 169 g/mol. The number of hydrazone groups is 1. The van der Waals surface area contributed by atoms with Crippen molar-refractivity contribution in [2.24, 2.45) is 10.9 Å². The quantitative estimate of drug-likeness (QED) is 0.299. The molecule has 0 saturated carbocycles. The van der Waals surface area contributed by atoms with Gasteiger partial charge in [0.15, 0.2) is 0 Å². The van der Waals surface area contributed by atoms with E-state index in [1.165, 1.54) is 6.21 Å². The fourth-order valence-corrected chi connectivity index (χ4v) is 0.957. The van der Waals surface area contributed by atoms with Crippen molar-refractivity contribution in [3.8, 4) is 0 Å². The van der Waals surface area contributed by atoms with Crippen molar-refractivity contribution >= 4 is 17.8 Å². The summed E-state index contributed by atoms with van der Waals surface area (Å²) in [6.45, 7) is 1.87. The van der Waals surface area contributed by atoms with Crippen molar-refractivity contribution in [3.63, 3.8) is 0 Å². The Labute approximate surface area is 69.9 Å². The maximum Gasteiger partial charge on any atom is 0.138 e. The molecule has 1 aromatic heterocycles. The average Bonchev–Trinajstić information content (AvgIpc) is 1.95. The first kappa shape index (κ1) is 8.01. The van der Waals surface area contributed by atoms with Crippen molar-refractivity contribution in [3.05, 3.63) is 28.5 Å². The van der Waals surface area contributed by atoms with Crippen molar-refractivity contribution in [1.29, 1.82) is 0 Å². The average molecular weight is 170 g/mol. The molecule has 0 aliphatic rings. The van der Waals surface area contributed by atoms with Crippen LogP contribution >= 0.6 is 11.6 Å². The Bertz CT molecular complexity index is 283. The summed E-state index contributed by atoms with van der Waals surface area (Å²) in [4.78, 5) is 4.01. The van der Waals surface area contributed by atoms with Gasteiger partial charge in [-0.3, -0.25) is 0 Å². The van der Waals surface area contributed by atoms with Crippen LogP contribution in [0.4, 0.5) is 0 Å². The molecule has 0 atom stereocenters. The molecule has 1 heterocycles. The number of hydrogen-bond donors (Lipinski definition) is 1. The first-order chi connectivity index (χ1) is 5.24. The van der Waals surface area contributed by atoms with E-state index in [1.807, 2.05) is 19.1 Å². The predicted molar refractivity (Wildman–Crippen MR) is 45.8 cm³/mol. The highest BCUT2D eigenvalue weighted by molar-refractivity contribution is 6.31. The topological polar surface area (TPSA) is 51.3 Å². The maximum absolute atomic E-state index is 5.75. The molecular weight excluding hydrogens is 162 g/mol. The van der Waals surface area contributed by atoms with Gasteiger partial charge < -0.3 is 5.84 Å². The van der Waals surface area contributed by atoms with E-state index in [1.54, 1.807) is 0 Å². The zero-order valence-corrected chi connectivity index (χ0v) is 6.84. The first-order valence-corrected chi connectivity index (χ1v) is 3.48. The Morgan fingerprint density at radius 3 is 2.91 bits per heavy atom. The van der Waals surface area contributed by atoms with Gasteiger partial charge in [-0.1, -0.05) is 11.6 Å². The molecule has 1 aromatic rings. The summed E-state index contributed by atoms with van der Waals surface area (Å²) < 4.78 is 0. The fraction of sp³-hybridized carbons (Fsp3) is 0.143. The minimum absolute atomic E-state index is 0.430. The molecular formula is C7H8ClN3. The highest BCUT2D eigenvalue weighted by Crippen LogP contribution is 2.10. The lowest BCUT2D eigenvalue weighted by Crippen LogP contribution is -1.91. The second-order valence-corrected chi connectivity index (χ2v) is 2.47. The maximum atomic E-state index is 5.75. The third-order valence-corrected chi connectivity index (χ3v) is 1.53. The second-order valence-electron chi connectivity index (χ2n) is 2.11. The highest BCUT2D eigenvalue weighted by atomic mass is 35.5. The minimum Gasteiger partial charge on any atom is -0.323 e. The van der Waals surface area contributed by atoms with Gasteiger partial charge in [0.1, 0.15) is 5.15 Å². The van der Waals surface area contributed by atoms with E-state index < -0.39 is 0 Å². The summed E-state index contributed by atoms with van der Waals surface area (Å²) in [5, 5.41) is 3.78. The molecule has 11 heavy (non-hydrogen) atoms. The van der Waals surface area contributed by atoms with Crippen LogP contribution in [0.2, 0.25) is 5.15 Å². The number of nitrogens with two attached hydrogens (primary N) is 1. The Hall–Kier alpha value is -1.09. The number of aryl methyl sites for hydroxylation is 1. The number of halogens is 1. The first-order valence-electron chi connectivity index (χ1n) is 3.10. The van der Waals surface area contributed by atoms with E-state index in [2.05, 4.69) is 10.1 Å². The highest BCUT2D eigenvalue weighted by Gasteiger charge is 1.97. The van der Waals surface area contributed by atoms with Crippen molar-refractivity contribution in [2.75, 3.05) is 0 Å². The SMILES string of the molecule is Cc1ccc(/C=N/N)c(Cl)n1. The largest absolute Gasteiger partial charge is 0.323 e. The van der Waals surface area contributed by atoms with Gasteiger partial charge in [0, 0.05) is 11.3 Å². The summed E-state index contributed by atoms with van der Waals surface area (Å²) in [5.74, 6) is 4.95. The van der Waals surface area contributed by atoms with Crippen molar-refractivity contribution in [2.45, 2.75) is 6.92 Å². The van der Waals surface area contributed by atoms with Crippen LogP contribution in [-0.4, -0.2) is 11.2 Å². The molecule has 0 aliphatic carbocycles. The van der Waals surface area contributed by atoms with Crippen LogP contribution < -0.4 is 5.84 Å². The summed E-state index contributed by atoms with van der Waals surface area (Å²) in [7, 11) is 0. The molecule has 0 aromatic carbocycles. The number of aromatic nitrogens is 1. The number of nitrogens with zero attached hydrogens (tertiary/aromatic N) is 2. The lowest BCUT2D eigenvalue weighted by molar-refractivity contribution is 1.19. The van der Waals surface area contributed by atoms with Crippen LogP contribution in [0.15, 0.2) is 17.2 Å². The summed E-state index contributed by atoms with van der Waals surface area (Å²) in [6, 6.07) is 3.67. The normalized spacial score (nSPS) is 10.7. The van der Waals surface area contributed by atoms with Gasteiger partial charge >= 0.3 is 0 Å². The molecule has 1 rings (SSSR count). The van der Waals surface area contributed by atoms with Crippen molar-refractivity contribution in [1.82, 2.24) is 4.98 Å². The molecule has 4 heteroatoms. The van der Waals surface area contributed by atoms with Gasteiger partial charge in [0.05, 0.1) is 6.21 Å². The van der Waals surface area contributed by atoms with Crippen LogP contribution in [0, 0.1) is 6.92 Å². The summed E-state index contributed by atoms with van der Waals surface area (Å²) in [6.07, 6.45) is 1.47. The molecule has 0 unspecified atom stereocenters. The molecule has 0 fully saturated rings. The van der Waals surface area contributed by atoms with Gasteiger partial charge in [0.25, 0.3) is 0 Å². The van der Waals surface area contributed by atoms with Crippen LogP contribution in [0.5, 0.6) is 0 Å². The molecule has 0 spiro atoms. The van der Waals surface area contributed by atoms with E-state index >= 15 is 0 Å². The molecule has 0 bridgehead atoms. The lowest BCUT2D eigenvalue weighted by atomic mass is 10.3. The lowest BCUT2D eigenvalue weighted by Gasteiger charge is -1.96. The molecule has 0 radical (unpaired) electrons. The number of hydrogen-bond acceptors (Lipinski definition) is 3. The standard InChI is InChI=1S/C7H8ClN3/c1-5-2-3-6(4-10-9)7(8)11-5/h2-4H,9H2,1H3/b10-4+. The molecule has 0 saturated heterocycles. The molecule has 0 amide bonds. The molecule has 3 nitrogen and oxygen atoms in total. The van der Waals surface area contributed by atoms with E-state index in [0.29, 0.717) is 5.15 Å². The fourth-order valence-electron chi connectivity index (χ4n) is 0.712. The molecule has 2 N–H and O–H groups in total. The van der Waals surface area contributed by atoms with Crippen LogP contribution in [0.3, 0.4) is 0 Å². The zero-order chi connectivity index (χ0) is 8.27. The van der Waals surface area contributed by atoms with Gasteiger partial charge in [-0.15, -0.1) is 0 Å². The Morgan fingerprint density at radius 2 is 2.36 bits per heavy atom. The van der Waals surface area contributed by atoms with Gasteiger partial charge in [-0.2, -0.15) is 5.10 Å². The predicted octanol–water partition coefficient (Wildman–Crippen LogP) is 1.34. The van der Waals surface area contributed by atoms with Crippen LogP contribution in [0.1, 0.15) is 11.3 Å². The minimum atomic E-state index is 0.430. The van der Waals surface area contributed by atoms with Gasteiger partial charge in [0.2, 0.25) is 0 Å². The van der Waals surface area contributed by atoms with Crippen LogP contribution in [0.25, 0.3) is 0 Å². The van der Waals surface area contributed by atoms with E-state index in [9.17, 15) is 0 Å². The van der Waals surface area contributed by atoms with Crippen LogP contribution in [-0.2, 0) is 0 Å². The number of rotatable bonds is 1. The summed E-state index contributed by atoms with van der Waals surface area (Å²) >= 11 is 5.75. The van der Waals surface area contributed by atoms with E-state index in [0.717, 1.165) is 11.3 Å². The van der Waals surface area contributed by atoms with Crippen molar-refractivity contribution < 1.29 is 0 Å². The van der Waals surface area contributed by atoms with Gasteiger partial charge in [-0.25, -0.2) is 4.98 Å². The van der Waals surface area contributed by atoms with Gasteiger partial charge in [-0.05, 0) is 19.1 Å². The Kier molecular flexibility index (Phi) is 2.44. The molecule has 58 valence electrons. The third-order valence-electron chi connectivity index (χ3n) is 1.23. The zero-order valence-electron chi connectivity index (χ0n) is 6.08. The Balaban J connectivity index is 3.09. The number of pyridine rings is 1.